The van der Waals surface area contributed by atoms with Gasteiger partial charge in [-0.3, -0.25) is 4.79 Å². The van der Waals surface area contributed by atoms with Crippen LogP contribution in [0.15, 0.2) is 23.1 Å². The minimum absolute atomic E-state index is 0.133. The van der Waals surface area contributed by atoms with Crippen molar-refractivity contribution in [1.82, 2.24) is 5.32 Å². The van der Waals surface area contributed by atoms with Gasteiger partial charge in [-0.1, -0.05) is 18.9 Å². The van der Waals surface area contributed by atoms with Gasteiger partial charge in [-0.25, -0.2) is 0 Å². The fraction of sp³-hybridized carbons (Fsp3) is 0.500. The Hall–Kier alpha value is -1.16. The number of rotatable bonds is 4. The van der Waals surface area contributed by atoms with Crippen molar-refractivity contribution >= 4 is 23.4 Å². The molecule has 0 radical (unpaired) electrons. The zero-order chi connectivity index (χ0) is 13.0. The maximum Gasteiger partial charge on any atom is 0.230 e. The molecular weight excluding hydrogens is 244 g/mol. The minimum Gasteiger partial charge on any atom is -0.398 e. The molecule has 3 N–H and O–H groups in total. The number of anilines is 1. The van der Waals surface area contributed by atoms with Crippen molar-refractivity contribution in [2.75, 3.05) is 11.5 Å². The van der Waals surface area contributed by atoms with E-state index in [2.05, 4.69) is 5.32 Å². The highest BCUT2D eigenvalue weighted by Crippen LogP contribution is 2.26. The van der Waals surface area contributed by atoms with Crippen LogP contribution >= 0.6 is 11.8 Å². The number of carbonyl (C=O) groups excluding carboxylic acids is 1. The molecule has 1 amide bonds. The van der Waals surface area contributed by atoms with E-state index in [1.807, 2.05) is 25.1 Å². The number of nitrogens with one attached hydrogen (secondary N) is 1. The maximum atomic E-state index is 11.8. The fourth-order valence-electron chi connectivity index (χ4n) is 2.27. The Morgan fingerprint density at radius 3 is 2.89 bits per heavy atom. The van der Waals surface area contributed by atoms with E-state index in [1.54, 1.807) is 11.8 Å². The third-order valence-corrected chi connectivity index (χ3v) is 4.56. The van der Waals surface area contributed by atoms with Gasteiger partial charge >= 0.3 is 0 Å². The van der Waals surface area contributed by atoms with Crippen LogP contribution in [0.2, 0.25) is 0 Å². The van der Waals surface area contributed by atoms with Crippen molar-refractivity contribution in [3.05, 3.63) is 23.8 Å². The number of nitrogens with two attached hydrogens (primary N) is 1. The summed E-state index contributed by atoms with van der Waals surface area (Å²) < 4.78 is 0. The third kappa shape index (κ3) is 3.42. The van der Waals surface area contributed by atoms with Crippen molar-refractivity contribution in [1.29, 1.82) is 0 Å². The van der Waals surface area contributed by atoms with E-state index >= 15 is 0 Å². The molecule has 1 saturated carbocycles. The summed E-state index contributed by atoms with van der Waals surface area (Å²) in [5.41, 5.74) is 7.70. The van der Waals surface area contributed by atoms with Gasteiger partial charge in [0.25, 0.3) is 0 Å². The quantitative estimate of drug-likeness (QED) is 0.649. The Bertz CT molecular complexity index is 428. The molecule has 3 nitrogen and oxygen atoms in total. The van der Waals surface area contributed by atoms with Crippen molar-refractivity contribution in [3.63, 3.8) is 0 Å². The van der Waals surface area contributed by atoms with Crippen LogP contribution in [0.25, 0.3) is 0 Å². The summed E-state index contributed by atoms with van der Waals surface area (Å²) in [6.07, 6.45) is 4.75. The largest absolute Gasteiger partial charge is 0.398 e. The molecule has 1 aliphatic rings. The van der Waals surface area contributed by atoms with E-state index in [1.165, 1.54) is 12.8 Å². The molecule has 0 spiro atoms. The van der Waals surface area contributed by atoms with Gasteiger partial charge in [-0.2, -0.15) is 0 Å². The molecule has 1 fully saturated rings. The average molecular weight is 264 g/mol. The lowest BCUT2D eigenvalue weighted by Crippen LogP contribution is -2.33. The molecule has 1 aliphatic carbocycles. The van der Waals surface area contributed by atoms with E-state index < -0.39 is 0 Å². The highest BCUT2D eigenvalue weighted by atomic mass is 32.2. The summed E-state index contributed by atoms with van der Waals surface area (Å²) >= 11 is 1.56. The van der Waals surface area contributed by atoms with Crippen molar-refractivity contribution in [2.45, 2.75) is 43.5 Å². The number of thioether (sulfide) groups is 1. The summed E-state index contributed by atoms with van der Waals surface area (Å²) in [6, 6.07) is 6.23. The molecule has 4 heteroatoms. The highest BCUT2D eigenvalue weighted by molar-refractivity contribution is 8.00. The van der Waals surface area contributed by atoms with E-state index in [-0.39, 0.29) is 5.91 Å². The van der Waals surface area contributed by atoms with Gasteiger partial charge in [-0.15, -0.1) is 11.8 Å². The number of benzene rings is 1. The van der Waals surface area contributed by atoms with E-state index in [0.29, 0.717) is 11.8 Å². The topological polar surface area (TPSA) is 55.1 Å². The molecule has 0 saturated heterocycles. The van der Waals surface area contributed by atoms with Gasteiger partial charge < -0.3 is 11.1 Å². The molecule has 1 aromatic carbocycles. The van der Waals surface area contributed by atoms with Crippen LogP contribution in [0.3, 0.4) is 0 Å². The highest BCUT2D eigenvalue weighted by Gasteiger charge is 2.17. The van der Waals surface area contributed by atoms with E-state index in [0.717, 1.165) is 29.0 Å². The minimum atomic E-state index is 0.133. The molecule has 0 unspecified atom stereocenters. The van der Waals surface area contributed by atoms with Crippen molar-refractivity contribution in [3.8, 4) is 0 Å². The lowest BCUT2D eigenvalue weighted by molar-refractivity contribution is -0.119. The molecule has 0 atom stereocenters. The van der Waals surface area contributed by atoms with E-state index in [4.69, 9.17) is 5.73 Å². The van der Waals surface area contributed by atoms with Crippen molar-refractivity contribution in [2.24, 2.45) is 0 Å². The lowest BCUT2D eigenvalue weighted by Gasteiger charge is -2.12. The number of nitrogen functional groups attached to an aromatic ring is 1. The van der Waals surface area contributed by atoms with Crippen LogP contribution in [-0.2, 0) is 4.79 Å². The molecule has 0 heterocycles. The average Bonchev–Trinajstić information content (AvgIpc) is 2.84. The van der Waals surface area contributed by atoms with Gasteiger partial charge in [0.2, 0.25) is 5.91 Å². The number of amides is 1. The van der Waals surface area contributed by atoms with Crippen LogP contribution in [0.5, 0.6) is 0 Å². The monoisotopic (exact) mass is 264 g/mol. The second kappa shape index (κ2) is 6.14. The van der Waals surface area contributed by atoms with Crippen LogP contribution in [0.4, 0.5) is 5.69 Å². The van der Waals surface area contributed by atoms with Crippen molar-refractivity contribution < 1.29 is 4.79 Å². The molecule has 0 aromatic heterocycles. The zero-order valence-corrected chi connectivity index (χ0v) is 11.6. The molecular formula is C14H20N2OS. The summed E-state index contributed by atoms with van der Waals surface area (Å²) in [4.78, 5) is 12.9. The van der Waals surface area contributed by atoms with Crippen LogP contribution in [0, 0.1) is 6.92 Å². The van der Waals surface area contributed by atoms with Crippen LogP contribution in [0.1, 0.15) is 31.2 Å². The van der Waals surface area contributed by atoms with Crippen LogP contribution < -0.4 is 11.1 Å². The summed E-state index contributed by atoms with van der Waals surface area (Å²) in [7, 11) is 0. The lowest BCUT2D eigenvalue weighted by atomic mass is 10.2. The second-order valence-electron chi connectivity index (χ2n) is 4.81. The normalized spacial score (nSPS) is 15.8. The third-order valence-electron chi connectivity index (χ3n) is 3.41. The summed E-state index contributed by atoms with van der Waals surface area (Å²) in [5.74, 6) is 0.606. The predicted molar refractivity (Wildman–Crippen MR) is 76.7 cm³/mol. The first-order valence-corrected chi connectivity index (χ1v) is 7.42. The SMILES string of the molecule is Cc1c(N)cccc1SCC(=O)NC1CCCC1. The Morgan fingerprint density at radius 1 is 1.44 bits per heavy atom. The number of carbonyl (C=O) groups is 1. The predicted octanol–water partition coefficient (Wildman–Crippen LogP) is 2.73. The summed E-state index contributed by atoms with van der Waals surface area (Å²) in [6.45, 7) is 1.99. The maximum absolute atomic E-state index is 11.8. The van der Waals surface area contributed by atoms with Crippen LogP contribution in [-0.4, -0.2) is 17.7 Å². The van der Waals surface area contributed by atoms with Gasteiger partial charge in [-0.05, 0) is 37.5 Å². The molecule has 0 bridgehead atoms. The van der Waals surface area contributed by atoms with Gasteiger partial charge in [0.05, 0.1) is 5.75 Å². The number of hydrogen-bond donors (Lipinski definition) is 2. The molecule has 1 aromatic rings. The molecule has 18 heavy (non-hydrogen) atoms. The Labute approximate surface area is 113 Å². The standard InChI is InChI=1S/C14H20N2OS/c1-10-12(15)7-4-8-13(10)18-9-14(17)16-11-5-2-3-6-11/h4,7-8,11H,2-3,5-6,9,15H2,1H3,(H,16,17). The Balaban J connectivity index is 1.83. The second-order valence-corrected chi connectivity index (χ2v) is 5.83. The van der Waals surface area contributed by atoms with Gasteiger partial charge in [0.1, 0.15) is 0 Å². The molecule has 98 valence electrons. The smallest absolute Gasteiger partial charge is 0.230 e. The molecule has 0 aliphatic heterocycles. The Kier molecular flexibility index (Phi) is 4.53. The first kappa shape index (κ1) is 13.3. The summed E-state index contributed by atoms with van der Waals surface area (Å²) in [5, 5.41) is 3.09. The Morgan fingerprint density at radius 2 is 2.17 bits per heavy atom. The first-order valence-electron chi connectivity index (χ1n) is 6.44. The van der Waals surface area contributed by atoms with Gasteiger partial charge in [0, 0.05) is 16.6 Å². The van der Waals surface area contributed by atoms with Gasteiger partial charge in [0.15, 0.2) is 0 Å². The first-order chi connectivity index (χ1) is 8.66. The zero-order valence-electron chi connectivity index (χ0n) is 10.7. The molecule has 2 rings (SSSR count). The fourth-order valence-corrected chi connectivity index (χ4v) is 3.15. The van der Waals surface area contributed by atoms with E-state index in [9.17, 15) is 4.79 Å². The number of hydrogen-bond acceptors (Lipinski definition) is 3.